The molecule has 0 spiro atoms. The maximum Gasteiger partial charge on any atom is 0.0852 e. The molecule has 0 saturated heterocycles. The minimum Gasteiger partial charge on any atom is -0.311 e. The lowest BCUT2D eigenvalue weighted by atomic mass is 9.62. The van der Waals surface area contributed by atoms with Gasteiger partial charge in [-0.2, -0.15) is 5.26 Å². The molecule has 1 N–H and O–H groups in total. The van der Waals surface area contributed by atoms with Crippen molar-refractivity contribution >= 4 is 0 Å². The summed E-state index contributed by atoms with van der Waals surface area (Å²) in [5, 5.41) is 13.2. The highest BCUT2D eigenvalue weighted by Gasteiger charge is 2.46. The monoisotopic (exact) mass is 271 g/mol. The minimum absolute atomic E-state index is 0.264. The molecule has 2 rings (SSSR count). The van der Waals surface area contributed by atoms with Crippen LogP contribution in [0.25, 0.3) is 0 Å². The SMILES string of the molecule is CC(CCN(C)C)NC1CC(C#N)(c2ccccc2)C1. The minimum atomic E-state index is -0.264. The van der Waals surface area contributed by atoms with Gasteiger partial charge in [0.1, 0.15) is 0 Å². The summed E-state index contributed by atoms with van der Waals surface area (Å²) in [5.74, 6) is 0. The highest BCUT2D eigenvalue weighted by molar-refractivity contribution is 5.36. The second-order valence-corrected chi connectivity index (χ2v) is 6.32. The molecule has 0 aromatic heterocycles. The third-order valence-corrected chi connectivity index (χ3v) is 4.26. The molecular weight excluding hydrogens is 246 g/mol. The number of nitriles is 1. The first-order valence-corrected chi connectivity index (χ1v) is 7.43. The summed E-state index contributed by atoms with van der Waals surface area (Å²) in [6.07, 6.45) is 3.01. The lowest BCUT2D eigenvalue weighted by Crippen LogP contribution is -2.53. The molecule has 1 saturated carbocycles. The van der Waals surface area contributed by atoms with Gasteiger partial charge in [0.25, 0.3) is 0 Å². The van der Waals surface area contributed by atoms with E-state index >= 15 is 0 Å². The smallest absolute Gasteiger partial charge is 0.0852 e. The Labute approximate surface area is 122 Å². The summed E-state index contributed by atoms with van der Waals surface area (Å²) in [4.78, 5) is 2.21. The first kappa shape index (κ1) is 15.0. The summed E-state index contributed by atoms with van der Waals surface area (Å²) in [5.41, 5.74) is 0.904. The second kappa shape index (κ2) is 6.39. The Balaban J connectivity index is 1.85. The van der Waals surface area contributed by atoms with Crippen LogP contribution in [-0.4, -0.2) is 37.6 Å². The van der Waals surface area contributed by atoms with E-state index in [-0.39, 0.29) is 5.41 Å². The zero-order chi connectivity index (χ0) is 14.6. The number of hydrogen-bond donors (Lipinski definition) is 1. The summed E-state index contributed by atoms with van der Waals surface area (Å²) in [6.45, 7) is 3.33. The van der Waals surface area contributed by atoms with Crippen molar-refractivity contribution in [2.24, 2.45) is 0 Å². The molecule has 1 aromatic rings. The summed E-state index contributed by atoms with van der Waals surface area (Å²) in [7, 11) is 4.21. The van der Waals surface area contributed by atoms with Crippen LogP contribution in [-0.2, 0) is 5.41 Å². The Hall–Kier alpha value is -1.37. The van der Waals surface area contributed by atoms with Gasteiger partial charge in [-0.3, -0.25) is 0 Å². The van der Waals surface area contributed by atoms with E-state index in [0.717, 1.165) is 25.8 Å². The normalized spacial score (nSPS) is 26.9. The van der Waals surface area contributed by atoms with Gasteiger partial charge >= 0.3 is 0 Å². The fraction of sp³-hybridized carbons (Fsp3) is 0.588. The van der Waals surface area contributed by atoms with Crippen molar-refractivity contribution in [1.29, 1.82) is 5.26 Å². The molecule has 1 aromatic carbocycles. The van der Waals surface area contributed by atoms with E-state index in [2.05, 4.69) is 49.4 Å². The van der Waals surface area contributed by atoms with Crippen molar-refractivity contribution in [1.82, 2.24) is 10.2 Å². The average molecular weight is 271 g/mol. The van der Waals surface area contributed by atoms with Gasteiger partial charge in [-0.05, 0) is 52.4 Å². The van der Waals surface area contributed by atoms with Crippen LogP contribution in [0.1, 0.15) is 31.7 Å². The van der Waals surface area contributed by atoms with E-state index in [4.69, 9.17) is 0 Å². The molecule has 1 fully saturated rings. The molecule has 1 aliphatic carbocycles. The van der Waals surface area contributed by atoms with Crippen LogP contribution in [0.4, 0.5) is 0 Å². The van der Waals surface area contributed by atoms with Crippen molar-refractivity contribution in [3.05, 3.63) is 35.9 Å². The van der Waals surface area contributed by atoms with Crippen molar-refractivity contribution in [2.45, 2.75) is 43.7 Å². The summed E-state index contributed by atoms with van der Waals surface area (Å²) >= 11 is 0. The fourth-order valence-corrected chi connectivity index (χ4v) is 2.99. The first-order chi connectivity index (χ1) is 9.55. The molecule has 20 heavy (non-hydrogen) atoms. The Morgan fingerprint density at radius 2 is 2.00 bits per heavy atom. The molecule has 0 amide bonds. The quantitative estimate of drug-likeness (QED) is 0.864. The van der Waals surface area contributed by atoms with Crippen molar-refractivity contribution < 1.29 is 0 Å². The molecule has 3 heteroatoms. The van der Waals surface area contributed by atoms with Crippen LogP contribution in [0.15, 0.2) is 30.3 Å². The Kier molecular flexibility index (Phi) is 4.80. The molecule has 108 valence electrons. The van der Waals surface area contributed by atoms with Gasteiger partial charge in [0.15, 0.2) is 0 Å². The van der Waals surface area contributed by atoms with Gasteiger partial charge in [0.2, 0.25) is 0 Å². The molecule has 0 heterocycles. The van der Waals surface area contributed by atoms with Gasteiger partial charge in [0.05, 0.1) is 11.5 Å². The molecule has 0 aliphatic heterocycles. The van der Waals surface area contributed by atoms with Gasteiger partial charge in [-0.25, -0.2) is 0 Å². The number of nitrogens with one attached hydrogen (secondary N) is 1. The number of hydrogen-bond acceptors (Lipinski definition) is 3. The maximum absolute atomic E-state index is 9.53. The third kappa shape index (κ3) is 3.39. The standard InChI is InChI=1S/C17H25N3/c1-14(9-10-20(2)3)19-16-11-17(12-16,13-18)15-7-5-4-6-8-15/h4-8,14,16,19H,9-12H2,1-3H3. The average Bonchev–Trinajstić information content (AvgIpc) is 2.41. The van der Waals surface area contributed by atoms with Gasteiger partial charge < -0.3 is 10.2 Å². The van der Waals surface area contributed by atoms with E-state index in [1.165, 1.54) is 5.56 Å². The van der Waals surface area contributed by atoms with Crippen molar-refractivity contribution in [2.75, 3.05) is 20.6 Å². The Morgan fingerprint density at radius 3 is 2.55 bits per heavy atom. The molecule has 3 nitrogen and oxygen atoms in total. The van der Waals surface area contributed by atoms with E-state index in [1.807, 2.05) is 18.2 Å². The zero-order valence-electron chi connectivity index (χ0n) is 12.8. The largest absolute Gasteiger partial charge is 0.311 e. The molecule has 0 radical (unpaired) electrons. The summed E-state index contributed by atoms with van der Waals surface area (Å²) < 4.78 is 0. The van der Waals surface area contributed by atoms with E-state index < -0.39 is 0 Å². The van der Waals surface area contributed by atoms with Crippen LogP contribution in [0.3, 0.4) is 0 Å². The highest BCUT2D eigenvalue weighted by atomic mass is 15.1. The Bertz CT molecular complexity index is 455. The zero-order valence-corrected chi connectivity index (χ0v) is 12.8. The molecule has 0 bridgehead atoms. The van der Waals surface area contributed by atoms with Gasteiger partial charge in [0, 0.05) is 12.1 Å². The van der Waals surface area contributed by atoms with Crippen LogP contribution in [0, 0.1) is 11.3 Å². The number of benzene rings is 1. The number of nitrogens with zero attached hydrogens (tertiary/aromatic N) is 2. The molecule has 1 aliphatic rings. The second-order valence-electron chi connectivity index (χ2n) is 6.32. The predicted molar refractivity (Wildman–Crippen MR) is 82.5 cm³/mol. The van der Waals surface area contributed by atoms with Gasteiger partial charge in [-0.15, -0.1) is 0 Å². The predicted octanol–water partition coefficient (Wildman–Crippen LogP) is 2.54. The first-order valence-electron chi connectivity index (χ1n) is 7.43. The third-order valence-electron chi connectivity index (χ3n) is 4.26. The fourth-order valence-electron chi connectivity index (χ4n) is 2.99. The topological polar surface area (TPSA) is 39.1 Å². The Morgan fingerprint density at radius 1 is 1.35 bits per heavy atom. The van der Waals surface area contributed by atoms with Crippen LogP contribution in [0.2, 0.25) is 0 Å². The maximum atomic E-state index is 9.53. The molecule has 1 unspecified atom stereocenters. The van der Waals surface area contributed by atoms with Gasteiger partial charge in [-0.1, -0.05) is 30.3 Å². The lowest BCUT2D eigenvalue weighted by molar-refractivity contribution is 0.205. The van der Waals surface area contributed by atoms with E-state index in [0.29, 0.717) is 12.1 Å². The van der Waals surface area contributed by atoms with E-state index in [1.54, 1.807) is 0 Å². The van der Waals surface area contributed by atoms with Crippen molar-refractivity contribution in [3.63, 3.8) is 0 Å². The van der Waals surface area contributed by atoms with Crippen LogP contribution in [0.5, 0.6) is 0 Å². The molecule has 1 atom stereocenters. The lowest BCUT2D eigenvalue weighted by Gasteiger charge is -2.44. The van der Waals surface area contributed by atoms with E-state index in [9.17, 15) is 5.26 Å². The van der Waals surface area contributed by atoms with Crippen LogP contribution < -0.4 is 5.32 Å². The number of rotatable bonds is 6. The summed E-state index contributed by atoms with van der Waals surface area (Å²) in [6, 6.07) is 13.7. The highest BCUT2D eigenvalue weighted by Crippen LogP contribution is 2.43. The molecular formula is C17H25N3. The van der Waals surface area contributed by atoms with Crippen molar-refractivity contribution in [3.8, 4) is 6.07 Å². The van der Waals surface area contributed by atoms with Crippen LogP contribution >= 0.6 is 0 Å².